The summed E-state index contributed by atoms with van der Waals surface area (Å²) >= 11 is 0. The summed E-state index contributed by atoms with van der Waals surface area (Å²) in [4.78, 5) is 27.6. The molecule has 0 spiro atoms. The van der Waals surface area contributed by atoms with Gasteiger partial charge in [-0.2, -0.15) is 0 Å². The van der Waals surface area contributed by atoms with Crippen LogP contribution in [0.4, 0.5) is 0 Å². The lowest BCUT2D eigenvalue weighted by molar-refractivity contribution is 0.0602. The van der Waals surface area contributed by atoms with Crippen molar-refractivity contribution >= 4 is 43.7 Å². The van der Waals surface area contributed by atoms with E-state index in [-0.39, 0.29) is 28.4 Å². The number of nitrogens with zero attached hydrogens (tertiary/aromatic N) is 2. The summed E-state index contributed by atoms with van der Waals surface area (Å²) in [5, 5.41) is 0.838. The lowest BCUT2D eigenvalue weighted by Gasteiger charge is -2.13. The van der Waals surface area contributed by atoms with Gasteiger partial charge in [0.2, 0.25) is 0 Å². The summed E-state index contributed by atoms with van der Waals surface area (Å²) < 4.78 is 44.7. The number of amides is 1. The average Bonchev–Trinajstić information content (AvgIpc) is 3.36. The maximum atomic E-state index is 14.0. The van der Waals surface area contributed by atoms with Crippen LogP contribution in [0.5, 0.6) is 11.5 Å². The molecule has 0 N–H and O–H groups in total. The van der Waals surface area contributed by atoms with E-state index in [1.807, 2.05) is 0 Å². The van der Waals surface area contributed by atoms with Gasteiger partial charge < -0.3 is 19.1 Å². The molecule has 1 aliphatic rings. The minimum absolute atomic E-state index is 0.00678. The van der Waals surface area contributed by atoms with E-state index in [4.69, 9.17) is 14.2 Å². The Labute approximate surface area is 201 Å². The Morgan fingerprint density at radius 3 is 2.23 bits per heavy atom. The molecule has 4 aromatic rings. The lowest BCUT2D eigenvalue weighted by atomic mass is 9.98. The van der Waals surface area contributed by atoms with Gasteiger partial charge >= 0.3 is 5.97 Å². The number of rotatable bonds is 5. The Bertz CT molecular complexity index is 1640. The van der Waals surface area contributed by atoms with Crippen LogP contribution in [0, 0.1) is 0 Å². The first-order valence-corrected chi connectivity index (χ1v) is 12.1. The molecule has 0 unspecified atom stereocenters. The Morgan fingerprint density at radius 2 is 1.60 bits per heavy atom. The molecule has 0 bridgehead atoms. The van der Waals surface area contributed by atoms with Gasteiger partial charge in [0.05, 0.1) is 48.4 Å². The standard InChI is InChI=1S/C25H22N2O7S/c1-26-13-14-11-19(25(29)34-4)23-22(21(14)24(26)28)18-12-16(33-3)7-10-20(18)27(23)35(30,31)17-8-5-15(32-2)6-9-17/h5-12H,13H2,1-4H3. The van der Waals surface area contributed by atoms with Crippen LogP contribution in [-0.4, -0.2) is 57.5 Å². The molecule has 1 aliphatic heterocycles. The zero-order valence-corrected chi connectivity index (χ0v) is 20.3. The highest BCUT2D eigenvalue weighted by molar-refractivity contribution is 7.90. The van der Waals surface area contributed by atoms with Crippen molar-refractivity contribution in [3.05, 3.63) is 65.2 Å². The Balaban J connectivity index is 1.99. The van der Waals surface area contributed by atoms with Gasteiger partial charge in [0.1, 0.15) is 11.5 Å². The number of hydrogen-bond acceptors (Lipinski definition) is 7. The van der Waals surface area contributed by atoms with Crippen LogP contribution in [0.25, 0.3) is 21.8 Å². The molecular weight excluding hydrogens is 472 g/mol. The normalized spacial score (nSPS) is 13.4. The van der Waals surface area contributed by atoms with E-state index >= 15 is 0 Å². The number of hydrogen-bond donors (Lipinski definition) is 0. The zero-order chi connectivity index (χ0) is 25.1. The number of fused-ring (bicyclic) bond motifs is 5. The van der Waals surface area contributed by atoms with E-state index in [1.165, 1.54) is 38.4 Å². The fraction of sp³-hybridized carbons (Fsp3) is 0.200. The molecule has 2 heterocycles. The van der Waals surface area contributed by atoms with E-state index in [0.717, 1.165) is 3.97 Å². The summed E-state index contributed by atoms with van der Waals surface area (Å²) in [7, 11) is 1.65. The van der Waals surface area contributed by atoms with Crippen molar-refractivity contribution in [2.75, 3.05) is 28.4 Å². The molecule has 0 aliphatic carbocycles. The molecule has 10 heteroatoms. The average molecular weight is 495 g/mol. The number of carbonyl (C=O) groups excluding carboxylic acids is 2. The van der Waals surface area contributed by atoms with Crippen molar-refractivity contribution in [3.8, 4) is 11.5 Å². The van der Waals surface area contributed by atoms with Crippen LogP contribution in [0.2, 0.25) is 0 Å². The SMILES string of the molecule is COC(=O)c1cc2c(c3c4cc(OC)ccc4n(S(=O)(=O)c4ccc(OC)cc4)c13)C(=O)N(C)C2. The maximum absolute atomic E-state index is 14.0. The number of methoxy groups -OCH3 is 3. The quantitative estimate of drug-likeness (QED) is 0.392. The monoisotopic (exact) mass is 494 g/mol. The molecule has 9 nitrogen and oxygen atoms in total. The van der Waals surface area contributed by atoms with Crippen molar-refractivity contribution in [1.82, 2.24) is 8.87 Å². The fourth-order valence-electron chi connectivity index (χ4n) is 4.60. The van der Waals surface area contributed by atoms with Crippen LogP contribution >= 0.6 is 0 Å². The molecule has 5 rings (SSSR count). The lowest BCUT2D eigenvalue weighted by Crippen LogP contribution is -2.17. The molecule has 3 aromatic carbocycles. The van der Waals surface area contributed by atoms with E-state index < -0.39 is 16.0 Å². The topological polar surface area (TPSA) is 104 Å². The molecule has 0 saturated carbocycles. The van der Waals surface area contributed by atoms with Gasteiger partial charge in [-0.25, -0.2) is 17.2 Å². The highest BCUT2D eigenvalue weighted by Gasteiger charge is 2.35. The Hall–Kier alpha value is -4.05. The fourth-order valence-corrected chi connectivity index (χ4v) is 6.14. The third-order valence-corrected chi connectivity index (χ3v) is 7.98. The second kappa shape index (κ2) is 8.02. The van der Waals surface area contributed by atoms with Crippen LogP contribution in [0.15, 0.2) is 53.4 Å². The minimum atomic E-state index is -4.22. The second-order valence-corrected chi connectivity index (χ2v) is 9.95. The largest absolute Gasteiger partial charge is 0.497 e. The molecule has 0 atom stereocenters. The first kappa shape index (κ1) is 22.7. The molecule has 1 aromatic heterocycles. The molecule has 0 fully saturated rings. The van der Waals surface area contributed by atoms with Crippen molar-refractivity contribution in [3.63, 3.8) is 0 Å². The second-order valence-electron chi connectivity index (χ2n) is 8.16. The Kier molecular flexibility index (Phi) is 5.21. The summed E-state index contributed by atoms with van der Waals surface area (Å²) in [6.07, 6.45) is 0. The van der Waals surface area contributed by atoms with Gasteiger partial charge in [-0.05, 0) is 54.1 Å². The maximum Gasteiger partial charge on any atom is 0.340 e. The van der Waals surface area contributed by atoms with E-state index in [9.17, 15) is 18.0 Å². The smallest absolute Gasteiger partial charge is 0.340 e. The van der Waals surface area contributed by atoms with Gasteiger partial charge in [-0.1, -0.05) is 0 Å². The molecule has 0 radical (unpaired) electrons. The summed E-state index contributed by atoms with van der Waals surface area (Å²) in [6, 6.07) is 12.4. The summed E-state index contributed by atoms with van der Waals surface area (Å²) in [5.74, 6) is 0.0120. The van der Waals surface area contributed by atoms with Gasteiger partial charge in [-0.15, -0.1) is 0 Å². The number of aromatic nitrogens is 1. The summed E-state index contributed by atoms with van der Waals surface area (Å²) in [6.45, 7) is 0.288. The zero-order valence-electron chi connectivity index (χ0n) is 19.5. The van der Waals surface area contributed by atoms with E-state index in [0.29, 0.717) is 38.9 Å². The first-order valence-electron chi connectivity index (χ1n) is 10.6. The molecule has 0 saturated heterocycles. The molecule has 180 valence electrons. The van der Waals surface area contributed by atoms with Crippen LogP contribution in [0.3, 0.4) is 0 Å². The van der Waals surface area contributed by atoms with Crippen LogP contribution in [-0.2, 0) is 21.3 Å². The van der Waals surface area contributed by atoms with Crippen LogP contribution in [0.1, 0.15) is 26.3 Å². The predicted molar refractivity (Wildman–Crippen MR) is 129 cm³/mol. The van der Waals surface area contributed by atoms with Gasteiger partial charge in [0.25, 0.3) is 15.9 Å². The number of esters is 1. The first-order chi connectivity index (χ1) is 16.7. The van der Waals surface area contributed by atoms with Gasteiger partial charge in [-0.3, -0.25) is 4.79 Å². The molecule has 1 amide bonds. The molecular formula is C25H22N2O7S. The van der Waals surface area contributed by atoms with Crippen molar-refractivity contribution in [1.29, 1.82) is 0 Å². The minimum Gasteiger partial charge on any atom is -0.497 e. The number of carbonyl (C=O) groups is 2. The molecule has 35 heavy (non-hydrogen) atoms. The highest BCUT2D eigenvalue weighted by atomic mass is 32.2. The van der Waals surface area contributed by atoms with Crippen molar-refractivity contribution in [2.45, 2.75) is 11.4 Å². The van der Waals surface area contributed by atoms with Crippen LogP contribution < -0.4 is 9.47 Å². The van der Waals surface area contributed by atoms with Gasteiger partial charge in [0, 0.05) is 24.4 Å². The van der Waals surface area contributed by atoms with Crippen molar-refractivity contribution in [2.24, 2.45) is 0 Å². The number of ether oxygens (including phenoxy) is 3. The Morgan fingerprint density at radius 1 is 0.943 bits per heavy atom. The van der Waals surface area contributed by atoms with Crippen molar-refractivity contribution < 1.29 is 32.2 Å². The van der Waals surface area contributed by atoms with E-state index in [2.05, 4.69) is 0 Å². The highest BCUT2D eigenvalue weighted by Crippen LogP contribution is 2.42. The predicted octanol–water partition coefficient (Wildman–Crippen LogP) is 3.42. The van der Waals surface area contributed by atoms with E-state index in [1.54, 1.807) is 43.4 Å². The summed E-state index contributed by atoms with van der Waals surface area (Å²) in [5.41, 5.74) is 1.42. The third-order valence-electron chi connectivity index (χ3n) is 6.25. The number of benzene rings is 3. The third kappa shape index (κ3) is 3.24. The van der Waals surface area contributed by atoms with Gasteiger partial charge in [0.15, 0.2) is 0 Å².